The molecule has 6 nitrogen and oxygen atoms in total. The smallest absolute Gasteiger partial charge is 0.325 e. The number of hydrogen-bond donors (Lipinski definition) is 1. The Labute approximate surface area is 173 Å². The fourth-order valence-electron chi connectivity index (χ4n) is 3.17. The standard InChI is InChI=1S/C23H21FN2O4/c1-15-12-18(16(2)26(15)20-11-7-6-10-19(20)24)21(27)14-30-22(28)13-25-23(29)17-8-4-3-5-9-17/h3-12H,13-14H2,1-2H3,(H,25,29). The number of carbonyl (C=O) groups excluding carboxylic acids is 3. The van der Waals surface area contributed by atoms with Gasteiger partial charge in [0.25, 0.3) is 5.91 Å². The third kappa shape index (κ3) is 4.63. The number of para-hydroxylation sites is 1. The van der Waals surface area contributed by atoms with Crippen molar-refractivity contribution < 1.29 is 23.5 Å². The Bertz CT molecular complexity index is 1090. The lowest BCUT2D eigenvalue weighted by atomic mass is 10.1. The van der Waals surface area contributed by atoms with Crippen LogP contribution in [0, 0.1) is 19.7 Å². The number of halogens is 1. The van der Waals surface area contributed by atoms with Crippen LogP contribution in [0.1, 0.15) is 32.1 Å². The molecule has 154 valence electrons. The van der Waals surface area contributed by atoms with E-state index < -0.39 is 30.1 Å². The molecule has 0 spiro atoms. The van der Waals surface area contributed by atoms with E-state index >= 15 is 0 Å². The number of nitrogens with zero attached hydrogens (tertiary/aromatic N) is 1. The van der Waals surface area contributed by atoms with Crippen LogP contribution in [0.25, 0.3) is 5.69 Å². The average Bonchev–Trinajstić information content (AvgIpc) is 3.05. The van der Waals surface area contributed by atoms with Gasteiger partial charge in [0.2, 0.25) is 5.78 Å². The molecule has 0 saturated carbocycles. The van der Waals surface area contributed by atoms with Gasteiger partial charge < -0.3 is 14.6 Å². The van der Waals surface area contributed by atoms with E-state index in [1.165, 1.54) is 6.07 Å². The summed E-state index contributed by atoms with van der Waals surface area (Å²) in [6.45, 7) is 2.65. The maximum Gasteiger partial charge on any atom is 0.325 e. The highest BCUT2D eigenvalue weighted by atomic mass is 19.1. The summed E-state index contributed by atoms with van der Waals surface area (Å²) < 4.78 is 20.8. The van der Waals surface area contributed by atoms with Crippen LogP contribution in [0.15, 0.2) is 60.7 Å². The normalized spacial score (nSPS) is 10.5. The van der Waals surface area contributed by atoms with E-state index in [9.17, 15) is 18.8 Å². The van der Waals surface area contributed by atoms with Crippen LogP contribution in [0.2, 0.25) is 0 Å². The van der Waals surface area contributed by atoms with Crippen LogP contribution in [0.5, 0.6) is 0 Å². The second kappa shape index (κ2) is 9.17. The zero-order chi connectivity index (χ0) is 21.7. The van der Waals surface area contributed by atoms with Gasteiger partial charge in [0.1, 0.15) is 12.4 Å². The molecule has 0 unspecified atom stereocenters. The Kier molecular flexibility index (Phi) is 6.41. The SMILES string of the molecule is Cc1cc(C(=O)COC(=O)CNC(=O)c2ccccc2)c(C)n1-c1ccccc1F. The summed E-state index contributed by atoms with van der Waals surface area (Å²) >= 11 is 0. The van der Waals surface area contributed by atoms with Crippen molar-refractivity contribution in [1.82, 2.24) is 9.88 Å². The lowest BCUT2D eigenvalue weighted by Gasteiger charge is -2.11. The highest BCUT2D eigenvalue weighted by molar-refractivity contribution is 6.00. The van der Waals surface area contributed by atoms with E-state index in [1.54, 1.807) is 73.0 Å². The van der Waals surface area contributed by atoms with Gasteiger partial charge in [0.05, 0.1) is 5.69 Å². The van der Waals surface area contributed by atoms with Gasteiger partial charge in [0.15, 0.2) is 6.61 Å². The Hall–Kier alpha value is -3.74. The molecule has 1 amide bonds. The van der Waals surface area contributed by atoms with Crippen LogP contribution in [0.4, 0.5) is 4.39 Å². The number of nitrogens with one attached hydrogen (secondary N) is 1. The van der Waals surface area contributed by atoms with E-state index in [1.807, 2.05) is 0 Å². The van der Waals surface area contributed by atoms with Crippen LogP contribution in [-0.4, -0.2) is 35.4 Å². The number of ketones is 1. The molecule has 30 heavy (non-hydrogen) atoms. The first kappa shape index (κ1) is 21.0. The van der Waals surface area contributed by atoms with Gasteiger partial charge in [-0.3, -0.25) is 14.4 Å². The van der Waals surface area contributed by atoms with Crippen LogP contribution >= 0.6 is 0 Å². The largest absolute Gasteiger partial charge is 0.456 e. The molecule has 0 saturated heterocycles. The number of carbonyl (C=O) groups is 3. The van der Waals surface area contributed by atoms with E-state index in [0.29, 0.717) is 28.2 Å². The Balaban J connectivity index is 1.60. The molecular formula is C23H21FN2O4. The molecule has 1 N–H and O–H groups in total. The first-order chi connectivity index (χ1) is 14.4. The predicted octanol–water partition coefficient (Wildman–Crippen LogP) is 3.39. The van der Waals surface area contributed by atoms with Crippen molar-refractivity contribution in [3.63, 3.8) is 0 Å². The highest BCUT2D eigenvalue weighted by Gasteiger charge is 2.19. The summed E-state index contributed by atoms with van der Waals surface area (Å²) in [5, 5.41) is 2.44. The van der Waals surface area contributed by atoms with E-state index in [0.717, 1.165) is 0 Å². The van der Waals surface area contributed by atoms with Crippen molar-refractivity contribution in [2.24, 2.45) is 0 Å². The minimum absolute atomic E-state index is 0.340. The third-order valence-corrected chi connectivity index (χ3v) is 4.62. The fraction of sp³-hybridized carbons (Fsp3) is 0.174. The number of Topliss-reactive ketones (excluding diaryl/α,β-unsaturated/α-hetero) is 1. The van der Waals surface area contributed by atoms with E-state index in [-0.39, 0.29) is 6.54 Å². The van der Waals surface area contributed by atoms with Crippen molar-refractivity contribution >= 4 is 17.7 Å². The van der Waals surface area contributed by atoms with Gasteiger partial charge in [-0.1, -0.05) is 30.3 Å². The first-order valence-electron chi connectivity index (χ1n) is 9.34. The summed E-state index contributed by atoms with van der Waals surface area (Å²) in [6, 6.07) is 16.4. The van der Waals surface area contributed by atoms with Crippen LogP contribution in [-0.2, 0) is 9.53 Å². The first-order valence-corrected chi connectivity index (χ1v) is 9.34. The molecule has 0 fully saturated rings. The van der Waals surface area contributed by atoms with Crippen molar-refractivity contribution in [3.05, 3.63) is 89.0 Å². The molecule has 0 bridgehead atoms. The van der Waals surface area contributed by atoms with Crippen molar-refractivity contribution in [2.75, 3.05) is 13.2 Å². The van der Waals surface area contributed by atoms with Crippen molar-refractivity contribution in [1.29, 1.82) is 0 Å². The molecule has 3 rings (SSSR count). The molecule has 0 radical (unpaired) electrons. The molecule has 0 aliphatic rings. The van der Waals surface area contributed by atoms with Gasteiger partial charge in [-0.05, 0) is 44.2 Å². The van der Waals surface area contributed by atoms with E-state index in [2.05, 4.69) is 5.32 Å². The lowest BCUT2D eigenvalue weighted by Crippen LogP contribution is -2.31. The molecule has 2 aromatic carbocycles. The number of esters is 1. The fourth-order valence-corrected chi connectivity index (χ4v) is 3.17. The van der Waals surface area contributed by atoms with Crippen molar-refractivity contribution in [3.8, 4) is 5.69 Å². The topological polar surface area (TPSA) is 77.4 Å². The summed E-state index contributed by atoms with van der Waals surface area (Å²) in [6.07, 6.45) is 0. The van der Waals surface area contributed by atoms with Crippen LogP contribution in [0.3, 0.4) is 0 Å². The Morgan fingerprint density at radius 3 is 2.37 bits per heavy atom. The minimum Gasteiger partial charge on any atom is -0.456 e. The number of ether oxygens (including phenoxy) is 1. The Morgan fingerprint density at radius 2 is 1.67 bits per heavy atom. The average molecular weight is 408 g/mol. The number of amides is 1. The number of aryl methyl sites for hydroxylation is 1. The van der Waals surface area contributed by atoms with Crippen LogP contribution < -0.4 is 5.32 Å². The van der Waals surface area contributed by atoms with Crippen molar-refractivity contribution in [2.45, 2.75) is 13.8 Å². The number of benzene rings is 2. The molecule has 0 aliphatic heterocycles. The summed E-state index contributed by atoms with van der Waals surface area (Å²) in [5.41, 5.74) is 2.34. The monoisotopic (exact) mass is 408 g/mol. The molecular weight excluding hydrogens is 387 g/mol. The molecule has 7 heteroatoms. The van der Waals surface area contributed by atoms with Gasteiger partial charge in [-0.15, -0.1) is 0 Å². The van der Waals surface area contributed by atoms with E-state index in [4.69, 9.17) is 4.74 Å². The zero-order valence-electron chi connectivity index (χ0n) is 16.6. The van der Waals surface area contributed by atoms with Gasteiger partial charge in [-0.25, -0.2) is 4.39 Å². The van der Waals surface area contributed by atoms with Gasteiger partial charge >= 0.3 is 5.97 Å². The summed E-state index contributed by atoms with van der Waals surface area (Å²) in [5.74, 6) is -1.95. The molecule has 1 heterocycles. The summed E-state index contributed by atoms with van der Waals surface area (Å²) in [7, 11) is 0. The maximum absolute atomic E-state index is 14.2. The Morgan fingerprint density at radius 1 is 1.00 bits per heavy atom. The second-order valence-electron chi connectivity index (χ2n) is 6.70. The number of rotatable bonds is 7. The molecule has 1 aromatic heterocycles. The number of aromatic nitrogens is 1. The lowest BCUT2D eigenvalue weighted by molar-refractivity contribution is -0.141. The van der Waals surface area contributed by atoms with Gasteiger partial charge in [0, 0.05) is 22.5 Å². The summed E-state index contributed by atoms with van der Waals surface area (Å²) in [4.78, 5) is 36.4. The molecule has 0 aliphatic carbocycles. The predicted molar refractivity (Wildman–Crippen MR) is 109 cm³/mol. The molecule has 0 atom stereocenters. The zero-order valence-corrected chi connectivity index (χ0v) is 16.6. The van der Waals surface area contributed by atoms with Gasteiger partial charge in [-0.2, -0.15) is 0 Å². The quantitative estimate of drug-likeness (QED) is 0.480. The number of hydrogen-bond acceptors (Lipinski definition) is 4. The second-order valence-corrected chi connectivity index (χ2v) is 6.70. The minimum atomic E-state index is -0.726. The third-order valence-electron chi connectivity index (χ3n) is 4.62. The molecule has 3 aromatic rings. The highest BCUT2D eigenvalue weighted by Crippen LogP contribution is 2.23. The maximum atomic E-state index is 14.2.